The number of ether oxygens (including phenoxy) is 1. The first-order chi connectivity index (χ1) is 9.69. The standard InChI is InChI=1S/C18H29NO/c1-4-18(19-13-15-5-6-15)16-7-9-17(10-8-16)20-12-11-14(2)3/h7-10,14-15,18-19H,4-6,11-13H2,1-3H3. The van der Waals surface area contributed by atoms with Crippen LogP contribution in [0.3, 0.4) is 0 Å². The molecule has 0 saturated heterocycles. The summed E-state index contributed by atoms with van der Waals surface area (Å²) in [5.41, 5.74) is 1.38. The van der Waals surface area contributed by atoms with Gasteiger partial charge in [-0.25, -0.2) is 0 Å². The first-order valence-electron chi connectivity index (χ1n) is 8.15. The molecular weight excluding hydrogens is 246 g/mol. The van der Waals surface area contributed by atoms with Crippen LogP contribution >= 0.6 is 0 Å². The van der Waals surface area contributed by atoms with E-state index in [2.05, 4.69) is 50.4 Å². The van der Waals surface area contributed by atoms with Gasteiger partial charge < -0.3 is 10.1 Å². The summed E-state index contributed by atoms with van der Waals surface area (Å²) < 4.78 is 5.77. The minimum Gasteiger partial charge on any atom is -0.494 e. The maximum atomic E-state index is 5.77. The van der Waals surface area contributed by atoms with E-state index in [4.69, 9.17) is 4.74 Å². The van der Waals surface area contributed by atoms with Crippen LogP contribution in [-0.4, -0.2) is 13.2 Å². The molecule has 1 N–H and O–H groups in total. The van der Waals surface area contributed by atoms with Gasteiger partial charge in [0.2, 0.25) is 0 Å². The van der Waals surface area contributed by atoms with E-state index in [1.165, 1.54) is 24.9 Å². The number of rotatable bonds is 9. The van der Waals surface area contributed by atoms with E-state index in [-0.39, 0.29) is 0 Å². The highest BCUT2D eigenvalue weighted by Crippen LogP contribution is 2.29. The third-order valence-corrected chi connectivity index (χ3v) is 4.00. The molecule has 20 heavy (non-hydrogen) atoms. The quantitative estimate of drug-likeness (QED) is 0.713. The molecule has 0 amide bonds. The third-order valence-electron chi connectivity index (χ3n) is 4.00. The molecule has 1 aromatic rings. The van der Waals surface area contributed by atoms with Gasteiger partial charge in [0.1, 0.15) is 5.75 Å². The predicted molar refractivity (Wildman–Crippen MR) is 85.2 cm³/mol. The highest BCUT2D eigenvalue weighted by Gasteiger charge is 2.22. The summed E-state index contributed by atoms with van der Waals surface area (Å²) in [5, 5.41) is 3.68. The average Bonchev–Trinajstić information content (AvgIpc) is 3.25. The second kappa shape index (κ2) is 7.68. The van der Waals surface area contributed by atoms with Crippen molar-refractivity contribution in [2.24, 2.45) is 11.8 Å². The maximum absolute atomic E-state index is 5.77. The van der Waals surface area contributed by atoms with Gasteiger partial charge in [-0.2, -0.15) is 0 Å². The van der Waals surface area contributed by atoms with Crippen LogP contribution in [0, 0.1) is 11.8 Å². The lowest BCUT2D eigenvalue weighted by atomic mass is 10.0. The van der Waals surface area contributed by atoms with E-state index in [0.717, 1.165) is 31.1 Å². The summed E-state index contributed by atoms with van der Waals surface area (Å²) >= 11 is 0. The summed E-state index contributed by atoms with van der Waals surface area (Å²) in [6, 6.07) is 9.12. The van der Waals surface area contributed by atoms with Gasteiger partial charge in [0.25, 0.3) is 0 Å². The van der Waals surface area contributed by atoms with E-state index in [1.807, 2.05) is 0 Å². The second-order valence-electron chi connectivity index (χ2n) is 6.41. The third kappa shape index (κ3) is 5.16. The summed E-state index contributed by atoms with van der Waals surface area (Å²) in [6.07, 6.45) is 5.07. The van der Waals surface area contributed by atoms with Crippen LogP contribution in [0.2, 0.25) is 0 Å². The Morgan fingerprint density at radius 3 is 2.45 bits per heavy atom. The molecule has 0 aromatic heterocycles. The van der Waals surface area contributed by atoms with Crippen LogP contribution in [0.5, 0.6) is 5.75 Å². The second-order valence-corrected chi connectivity index (χ2v) is 6.41. The topological polar surface area (TPSA) is 21.3 Å². The maximum Gasteiger partial charge on any atom is 0.119 e. The van der Waals surface area contributed by atoms with E-state index in [0.29, 0.717) is 12.0 Å². The molecule has 0 radical (unpaired) electrons. The highest BCUT2D eigenvalue weighted by atomic mass is 16.5. The van der Waals surface area contributed by atoms with Gasteiger partial charge in [0, 0.05) is 6.04 Å². The van der Waals surface area contributed by atoms with Crippen LogP contribution < -0.4 is 10.1 Å². The van der Waals surface area contributed by atoms with Crippen molar-refractivity contribution in [3.05, 3.63) is 29.8 Å². The van der Waals surface area contributed by atoms with Gasteiger partial charge in [-0.05, 0) is 61.8 Å². The van der Waals surface area contributed by atoms with Crippen LogP contribution in [0.4, 0.5) is 0 Å². The SMILES string of the molecule is CCC(NCC1CC1)c1ccc(OCCC(C)C)cc1. The highest BCUT2D eigenvalue weighted by molar-refractivity contribution is 5.29. The van der Waals surface area contributed by atoms with E-state index < -0.39 is 0 Å². The Labute approximate surface area is 123 Å². The van der Waals surface area contributed by atoms with Crippen LogP contribution in [0.1, 0.15) is 58.1 Å². The minimum atomic E-state index is 0.486. The van der Waals surface area contributed by atoms with Crippen molar-refractivity contribution < 1.29 is 4.74 Å². The predicted octanol–water partition coefficient (Wildman–Crippen LogP) is 4.56. The Morgan fingerprint density at radius 2 is 1.90 bits per heavy atom. The number of hydrogen-bond acceptors (Lipinski definition) is 2. The van der Waals surface area contributed by atoms with Crippen molar-refractivity contribution in [1.29, 1.82) is 0 Å². The smallest absolute Gasteiger partial charge is 0.119 e. The van der Waals surface area contributed by atoms with Crippen LogP contribution in [0.15, 0.2) is 24.3 Å². The number of benzene rings is 1. The zero-order valence-corrected chi connectivity index (χ0v) is 13.2. The number of hydrogen-bond donors (Lipinski definition) is 1. The molecule has 0 aliphatic heterocycles. The van der Waals surface area contributed by atoms with Crippen LogP contribution in [-0.2, 0) is 0 Å². The van der Waals surface area contributed by atoms with Gasteiger partial charge in [-0.3, -0.25) is 0 Å². The van der Waals surface area contributed by atoms with Gasteiger partial charge in [0.15, 0.2) is 0 Å². The Hall–Kier alpha value is -1.02. The van der Waals surface area contributed by atoms with E-state index in [1.54, 1.807) is 0 Å². The molecule has 1 fully saturated rings. The fourth-order valence-corrected chi connectivity index (χ4v) is 2.34. The average molecular weight is 275 g/mol. The van der Waals surface area contributed by atoms with Crippen LogP contribution in [0.25, 0.3) is 0 Å². The van der Waals surface area contributed by atoms with E-state index >= 15 is 0 Å². The normalized spacial score (nSPS) is 16.4. The summed E-state index contributed by atoms with van der Waals surface area (Å²) in [7, 11) is 0. The Morgan fingerprint density at radius 1 is 1.20 bits per heavy atom. The lowest BCUT2D eigenvalue weighted by Gasteiger charge is -2.18. The molecule has 1 aliphatic rings. The molecule has 0 bridgehead atoms. The minimum absolute atomic E-state index is 0.486. The summed E-state index contributed by atoms with van der Waals surface area (Å²) in [4.78, 5) is 0. The fourth-order valence-electron chi connectivity index (χ4n) is 2.34. The molecule has 2 rings (SSSR count). The molecule has 2 heteroatoms. The van der Waals surface area contributed by atoms with Crippen molar-refractivity contribution >= 4 is 0 Å². The fraction of sp³-hybridized carbons (Fsp3) is 0.667. The van der Waals surface area contributed by atoms with Gasteiger partial charge in [0.05, 0.1) is 6.61 Å². The molecule has 1 atom stereocenters. The molecule has 1 saturated carbocycles. The Kier molecular flexibility index (Phi) is 5.90. The monoisotopic (exact) mass is 275 g/mol. The van der Waals surface area contributed by atoms with Crippen molar-refractivity contribution in [1.82, 2.24) is 5.32 Å². The lowest BCUT2D eigenvalue weighted by molar-refractivity contribution is 0.289. The first kappa shape index (κ1) is 15.4. The molecule has 112 valence electrons. The molecule has 0 heterocycles. The zero-order chi connectivity index (χ0) is 14.4. The van der Waals surface area contributed by atoms with Crippen molar-refractivity contribution in [2.45, 2.75) is 52.5 Å². The van der Waals surface area contributed by atoms with Gasteiger partial charge in [-0.15, -0.1) is 0 Å². The molecule has 1 aliphatic carbocycles. The number of nitrogens with one attached hydrogen (secondary N) is 1. The van der Waals surface area contributed by atoms with E-state index in [9.17, 15) is 0 Å². The lowest BCUT2D eigenvalue weighted by Crippen LogP contribution is -2.22. The molecular formula is C18H29NO. The van der Waals surface area contributed by atoms with Crippen molar-refractivity contribution in [3.8, 4) is 5.75 Å². The van der Waals surface area contributed by atoms with Gasteiger partial charge in [-0.1, -0.05) is 32.9 Å². The summed E-state index contributed by atoms with van der Waals surface area (Å²) in [5.74, 6) is 2.62. The zero-order valence-electron chi connectivity index (χ0n) is 13.2. The Balaban J connectivity index is 1.81. The Bertz CT molecular complexity index is 381. The molecule has 1 aromatic carbocycles. The summed E-state index contributed by atoms with van der Waals surface area (Å²) in [6.45, 7) is 8.69. The largest absolute Gasteiger partial charge is 0.494 e. The first-order valence-corrected chi connectivity index (χ1v) is 8.15. The van der Waals surface area contributed by atoms with Crippen molar-refractivity contribution in [3.63, 3.8) is 0 Å². The molecule has 0 spiro atoms. The van der Waals surface area contributed by atoms with Gasteiger partial charge >= 0.3 is 0 Å². The van der Waals surface area contributed by atoms with Crippen molar-refractivity contribution in [2.75, 3.05) is 13.2 Å². The molecule has 2 nitrogen and oxygen atoms in total. The molecule has 1 unspecified atom stereocenters.